The number of hydrogen-bond acceptors (Lipinski definition) is 3. The molecule has 0 aliphatic heterocycles. The molecule has 0 heterocycles. The van der Waals surface area contributed by atoms with Gasteiger partial charge in [-0.2, -0.15) is 0 Å². The van der Waals surface area contributed by atoms with E-state index in [1.54, 1.807) is 12.1 Å². The minimum Gasteiger partial charge on any atom is -0.506 e. The Morgan fingerprint density at radius 1 is 0.667 bits per heavy atom. The van der Waals surface area contributed by atoms with Gasteiger partial charge in [-0.05, 0) is 60.1 Å². The molecule has 27 heavy (non-hydrogen) atoms. The molecule has 1 N–H and O–H groups in total. The molecule has 0 atom stereocenters. The lowest BCUT2D eigenvalue weighted by Gasteiger charge is -2.07. The van der Waals surface area contributed by atoms with Crippen molar-refractivity contribution in [3.05, 3.63) is 89.0 Å². The van der Waals surface area contributed by atoms with Crippen LogP contribution in [0.1, 0.15) is 44.7 Å². The number of aldehydes is 2. The summed E-state index contributed by atoms with van der Waals surface area (Å²) in [5, 5.41) is 9.78. The summed E-state index contributed by atoms with van der Waals surface area (Å²) in [7, 11) is 0. The average Bonchev–Trinajstić information content (AvgIpc) is 2.73. The van der Waals surface area contributed by atoms with Gasteiger partial charge in [-0.1, -0.05) is 54.6 Å². The first-order valence-corrected chi connectivity index (χ1v) is 9.12. The van der Waals surface area contributed by atoms with Crippen molar-refractivity contribution >= 4 is 12.6 Å². The van der Waals surface area contributed by atoms with E-state index in [0.717, 1.165) is 31.2 Å². The zero-order chi connectivity index (χ0) is 19.1. The first kappa shape index (κ1) is 18.6. The van der Waals surface area contributed by atoms with E-state index in [1.807, 2.05) is 18.2 Å². The van der Waals surface area contributed by atoms with Crippen molar-refractivity contribution in [3.8, 4) is 16.9 Å². The Labute approximate surface area is 159 Å². The normalized spacial score (nSPS) is 10.5. The van der Waals surface area contributed by atoms with Crippen molar-refractivity contribution in [3.63, 3.8) is 0 Å². The first-order valence-electron chi connectivity index (χ1n) is 9.12. The SMILES string of the molecule is O=Cc1cc(CCCCc2ccc(-c3ccccc3)cc2)cc(C=O)c1O. The highest BCUT2D eigenvalue weighted by Crippen LogP contribution is 2.23. The molecule has 0 bridgehead atoms. The fraction of sp³-hybridized carbons (Fsp3) is 0.167. The minimum atomic E-state index is -0.234. The molecule has 3 nitrogen and oxygen atoms in total. The van der Waals surface area contributed by atoms with Gasteiger partial charge in [-0.15, -0.1) is 0 Å². The topological polar surface area (TPSA) is 54.4 Å². The fourth-order valence-corrected chi connectivity index (χ4v) is 3.22. The van der Waals surface area contributed by atoms with E-state index < -0.39 is 0 Å². The maximum absolute atomic E-state index is 11.0. The Kier molecular flexibility index (Phi) is 6.16. The van der Waals surface area contributed by atoms with Crippen LogP contribution in [0.25, 0.3) is 11.1 Å². The highest BCUT2D eigenvalue weighted by atomic mass is 16.3. The van der Waals surface area contributed by atoms with Crippen molar-refractivity contribution in [2.45, 2.75) is 25.7 Å². The van der Waals surface area contributed by atoms with E-state index in [1.165, 1.54) is 16.7 Å². The van der Waals surface area contributed by atoms with Gasteiger partial charge in [0.05, 0.1) is 11.1 Å². The molecule has 3 aromatic carbocycles. The molecule has 0 unspecified atom stereocenters. The second kappa shape index (κ2) is 8.95. The van der Waals surface area contributed by atoms with Crippen LogP contribution in [0, 0.1) is 0 Å². The van der Waals surface area contributed by atoms with Crippen LogP contribution in [0.5, 0.6) is 5.75 Å². The van der Waals surface area contributed by atoms with Crippen LogP contribution in [-0.4, -0.2) is 17.7 Å². The number of aromatic hydroxyl groups is 1. The van der Waals surface area contributed by atoms with Crippen molar-refractivity contribution < 1.29 is 14.7 Å². The minimum absolute atomic E-state index is 0.172. The van der Waals surface area contributed by atoms with E-state index in [9.17, 15) is 14.7 Å². The molecule has 3 rings (SSSR count). The summed E-state index contributed by atoms with van der Waals surface area (Å²) < 4.78 is 0. The van der Waals surface area contributed by atoms with Gasteiger partial charge in [0.1, 0.15) is 5.75 Å². The van der Waals surface area contributed by atoms with Gasteiger partial charge < -0.3 is 5.11 Å². The van der Waals surface area contributed by atoms with Gasteiger partial charge in [-0.25, -0.2) is 0 Å². The van der Waals surface area contributed by atoms with Crippen molar-refractivity contribution in [1.82, 2.24) is 0 Å². The standard InChI is InChI=1S/C24H22O3/c25-16-22-14-19(15-23(17-26)24(22)27)7-5-4-6-18-10-12-21(13-11-18)20-8-2-1-3-9-20/h1-3,8-17,27H,4-7H2. The van der Waals surface area contributed by atoms with Crippen LogP contribution in [0.2, 0.25) is 0 Å². The van der Waals surface area contributed by atoms with Crippen LogP contribution in [0.4, 0.5) is 0 Å². The van der Waals surface area contributed by atoms with Crippen molar-refractivity contribution in [2.75, 3.05) is 0 Å². The Bertz CT molecular complexity index is 883. The van der Waals surface area contributed by atoms with E-state index >= 15 is 0 Å². The molecule has 136 valence electrons. The lowest BCUT2D eigenvalue weighted by molar-refractivity contribution is 0.112. The van der Waals surface area contributed by atoms with Gasteiger partial charge >= 0.3 is 0 Å². The summed E-state index contributed by atoms with van der Waals surface area (Å²) in [5.74, 6) is -0.234. The Hall–Kier alpha value is -3.20. The van der Waals surface area contributed by atoms with Crippen LogP contribution in [0.3, 0.4) is 0 Å². The predicted octanol–water partition coefficient (Wildman–Crippen LogP) is 5.25. The summed E-state index contributed by atoms with van der Waals surface area (Å²) in [6.45, 7) is 0. The summed E-state index contributed by atoms with van der Waals surface area (Å²) in [4.78, 5) is 22.0. The monoisotopic (exact) mass is 358 g/mol. The number of phenols is 1. The quantitative estimate of drug-likeness (QED) is 0.442. The molecule has 0 amide bonds. The third-order valence-corrected chi connectivity index (χ3v) is 4.72. The number of benzene rings is 3. The molecular formula is C24H22O3. The third kappa shape index (κ3) is 4.70. The lowest BCUT2D eigenvalue weighted by Crippen LogP contribution is -1.95. The average molecular weight is 358 g/mol. The smallest absolute Gasteiger partial charge is 0.153 e. The zero-order valence-corrected chi connectivity index (χ0v) is 15.1. The number of rotatable bonds is 8. The number of phenolic OH excluding ortho intramolecular Hbond substituents is 1. The number of carbonyl (C=O) groups excluding carboxylic acids is 2. The largest absolute Gasteiger partial charge is 0.506 e. The Morgan fingerprint density at radius 3 is 1.74 bits per heavy atom. The van der Waals surface area contributed by atoms with Gasteiger partial charge in [-0.3, -0.25) is 9.59 Å². The molecule has 3 heteroatoms. The molecule has 3 aromatic rings. The third-order valence-electron chi connectivity index (χ3n) is 4.72. The number of unbranched alkanes of at least 4 members (excludes halogenated alkanes) is 1. The van der Waals surface area contributed by atoms with Gasteiger partial charge in [0, 0.05) is 0 Å². The van der Waals surface area contributed by atoms with Gasteiger partial charge in [0.25, 0.3) is 0 Å². The summed E-state index contributed by atoms with van der Waals surface area (Å²) in [6.07, 6.45) is 4.87. The van der Waals surface area contributed by atoms with Crippen LogP contribution >= 0.6 is 0 Å². The summed E-state index contributed by atoms with van der Waals surface area (Å²) in [6, 6.07) is 22.2. The lowest BCUT2D eigenvalue weighted by atomic mass is 9.98. The number of hydrogen-bond donors (Lipinski definition) is 1. The molecule has 0 aliphatic carbocycles. The maximum Gasteiger partial charge on any atom is 0.153 e. The van der Waals surface area contributed by atoms with E-state index in [-0.39, 0.29) is 16.9 Å². The van der Waals surface area contributed by atoms with Crippen molar-refractivity contribution in [2.24, 2.45) is 0 Å². The Balaban J connectivity index is 1.55. The molecule has 0 saturated heterocycles. The fourth-order valence-electron chi connectivity index (χ4n) is 3.22. The van der Waals surface area contributed by atoms with E-state index in [2.05, 4.69) is 36.4 Å². The predicted molar refractivity (Wildman–Crippen MR) is 107 cm³/mol. The molecule has 0 spiro atoms. The molecule has 0 fully saturated rings. The van der Waals surface area contributed by atoms with Crippen molar-refractivity contribution in [1.29, 1.82) is 0 Å². The first-order chi connectivity index (χ1) is 13.2. The summed E-state index contributed by atoms with van der Waals surface area (Å²) in [5.41, 5.74) is 4.97. The number of aryl methyl sites for hydroxylation is 2. The number of carbonyl (C=O) groups is 2. The molecule has 0 radical (unpaired) electrons. The van der Waals surface area contributed by atoms with Crippen LogP contribution < -0.4 is 0 Å². The molecule has 0 aromatic heterocycles. The van der Waals surface area contributed by atoms with E-state index in [4.69, 9.17) is 0 Å². The maximum atomic E-state index is 11.0. The highest BCUT2D eigenvalue weighted by molar-refractivity contribution is 5.88. The molecular weight excluding hydrogens is 336 g/mol. The molecule has 0 aliphatic rings. The molecule has 0 saturated carbocycles. The van der Waals surface area contributed by atoms with Crippen LogP contribution in [-0.2, 0) is 12.8 Å². The second-order valence-corrected chi connectivity index (χ2v) is 6.63. The van der Waals surface area contributed by atoms with Gasteiger partial charge in [0.2, 0.25) is 0 Å². The summed E-state index contributed by atoms with van der Waals surface area (Å²) >= 11 is 0. The highest BCUT2D eigenvalue weighted by Gasteiger charge is 2.09. The second-order valence-electron chi connectivity index (χ2n) is 6.63. The zero-order valence-electron chi connectivity index (χ0n) is 15.1. The van der Waals surface area contributed by atoms with Crippen LogP contribution in [0.15, 0.2) is 66.7 Å². The van der Waals surface area contributed by atoms with E-state index in [0.29, 0.717) is 12.6 Å². The Morgan fingerprint density at radius 2 is 1.19 bits per heavy atom. The van der Waals surface area contributed by atoms with Gasteiger partial charge in [0.15, 0.2) is 12.6 Å².